The summed E-state index contributed by atoms with van der Waals surface area (Å²) in [4.78, 5) is 0. The first-order valence-corrected chi connectivity index (χ1v) is 9.12. The van der Waals surface area contributed by atoms with E-state index >= 15 is 0 Å². The van der Waals surface area contributed by atoms with Crippen LogP contribution in [0.15, 0.2) is 0 Å². The van der Waals surface area contributed by atoms with Crippen LogP contribution in [0.5, 0.6) is 0 Å². The van der Waals surface area contributed by atoms with Gasteiger partial charge in [-0.2, -0.15) is 61.5 Å². The Labute approximate surface area is 164 Å². The van der Waals surface area contributed by atoms with Crippen LogP contribution in [0.1, 0.15) is 19.8 Å². The van der Waals surface area contributed by atoms with Gasteiger partial charge in [-0.1, -0.05) is 13.3 Å². The quantitative estimate of drug-likeness (QED) is 0.166. The highest BCUT2D eigenvalue weighted by Crippen LogP contribution is 2.55. The summed E-state index contributed by atoms with van der Waals surface area (Å²) in [7, 11) is -6.05. The largest absolute Gasteiger partial charge is 0.475 e. The minimum Gasteiger partial charge on any atom is -0.287 e. The molecule has 0 aliphatic carbocycles. The molecule has 188 valence electrons. The minimum atomic E-state index is -6.87. The second-order valence-corrected chi connectivity index (χ2v) is 7.40. The molecule has 0 aliphatic rings. The highest BCUT2D eigenvalue weighted by Gasteiger charge is 2.74. The van der Waals surface area contributed by atoms with Crippen LogP contribution in [0.4, 0.5) is 61.5 Å². The molecule has 0 rings (SSSR count). The summed E-state index contributed by atoms with van der Waals surface area (Å²) in [5.74, 6) is -26.0. The molecule has 0 aromatic rings. The summed E-state index contributed by atoms with van der Waals surface area (Å²) in [6, 6.07) is 0. The van der Waals surface area contributed by atoms with Crippen molar-refractivity contribution >= 4 is 7.82 Å². The fourth-order valence-corrected chi connectivity index (χ4v) is 2.57. The fraction of sp³-hybridized carbons (Fsp3) is 1.00. The molecule has 0 atom stereocenters. The lowest BCUT2D eigenvalue weighted by Crippen LogP contribution is -2.54. The van der Waals surface area contributed by atoms with Crippen molar-refractivity contribution in [3.8, 4) is 0 Å². The van der Waals surface area contributed by atoms with Gasteiger partial charge in [0.15, 0.2) is 0 Å². The molecule has 0 bridgehead atoms. The Morgan fingerprint density at radius 3 is 1.19 bits per heavy atom. The SMILES string of the molecule is CCCCOP(=O)(OCC(F)(F)C(F)(F)C(F)(F)F)OCC(F)(F)C(F)(F)C(F)(F)F. The van der Waals surface area contributed by atoms with E-state index < -0.39 is 63.7 Å². The van der Waals surface area contributed by atoms with Gasteiger partial charge in [-0.25, -0.2) is 4.57 Å². The summed E-state index contributed by atoms with van der Waals surface area (Å²) >= 11 is 0. The number of rotatable bonds is 12. The lowest BCUT2D eigenvalue weighted by atomic mass is 10.2. The molecule has 0 unspecified atom stereocenters. The van der Waals surface area contributed by atoms with E-state index in [9.17, 15) is 66.0 Å². The molecule has 0 amide bonds. The van der Waals surface area contributed by atoms with Crippen molar-refractivity contribution in [2.45, 2.75) is 55.8 Å². The van der Waals surface area contributed by atoms with Gasteiger partial charge in [-0.3, -0.25) is 13.6 Å². The van der Waals surface area contributed by atoms with Crippen LogP contribution >= 0.6 is 7.82 Å². The van der Waals surface area contributed by atoms with Crippen molar-refractivity contribution in [1.29, 1.82) is 0 Å². The molecule has 0 saturated heterocycles. The molecule has 0 spiro atoms. The van der Waals surface area contributed by atoms with Crippen molar-refractivity contribution in [1.82, 2.24) is 0 Å². The second kappa shape index (κ2) is 9.55. The Balaban J connectivity index is 5.61. The van der Waals surface area contributed by atoms with Crippen LogP contribution in [0, 0.1) is 0 Å². The molecule has 0 aliphatic heterocycles. The standard InChI is InChI=1S/C12H13F14O4P/c1-2-3-4-28-31(27,29-5-7(13,14)9(17,18)11(21,22)23)30-6-8(15,16)10(19,20)12(24,25)26/h2-6H2,1H3. The number of phosphoric acid groups is 1. The number of hydrogen-bond donors (Lipinski definition) is 0. The summed E-state index contributed by atoms with van der Waals surface area (Å²) < 4.78 is 199. The molecule has 0 saturated carbocycles. The Kier molecular flexibility index (Phi) is 9.28. The van der Waals surface area contributed by atoms with Crippen LogP contribution in [-0.4, -0.2) is 55.9 Å². The van der Waals surface area contributed by atoms with Gasteiger partial charge >= 0.3 is 43.9 Å². The van der Waals surface area contributed by atoms with Gasteiger partial charge in [0.25, 0.3) is 0 Å². The molecule has 0 N–H and O–H groups in total. The zero-order valence-electron chi connectivity index (χ0n) is 14.9. The molecule has 0 radical (unpaired) electrons. The van der Waals surface area contributed by atoms with Crippen molar-refractivity contribution < 1.29 is 79.6 Å². The van der Waals surface area contributed by atoms with E-state index in [0.717, 1.165) is 0 Å². The summed E-state index contributed by atoms with van der Waals surface area (Å²) in [5.41, 5.74) is 0. The molecule has 31 heavy (non-hydrogen) atoms. The van der Waals surface area contributed by atoms with Crippen LogP contribution < -0.4 is 0 Å². The van der Waals surface area contributed by atoms with E-state index in [0.29, 0.717) is 0 Å². The lowest BCUT2D eigenvalue weighted by Gasteiger charge is -2.30. The Bertz CT molecular complexity index is 584. The van der Waals surface area contributed by atoms with Gasteiger partial charge in [-0.05, 0) is 6.42 Å². The first kappa shape index (κ1) is 30.1. The summed E-state index contributed by atoms with van der Waals surface area (Å²) in [5, 5.41) is 0. The maximum Gasteiger partial charge on any atom is 0.475 e. The zero-order chi connectivity index (χ0) is 25.2. The van der Waals surface area contributed by atoms with Crippen molar-refractivity contribution in [2.24, 2.45) is 0 Å². The minimum absolute atomic E-state index is 0.130. The summed E-state index contributed by atoms with van der Waals surface area (Å²) in [6.07, 6.45) is -13.8. The van der Waals surface area contributed by atoms with Crippen molar-refractivity contribution in [2.75, 3.05) is 19.8 Å². The Hall–Kier alpha value is -0.870. The number of halogens is 14. The molecule has 0 fully saturated rings. The molecule has 0 heterocycles. The number of alkyl halides is 14. The smallest absolute Gasteiger partial charge is 0.287 e. The number of phosphoric ester groups is 1. The summed E-state index contributed by atoms with van der Waals surface area (Å²) in [6.45, 7) is -5.84. The third-order valence-electron chi connectivity index (χ3n) is 3.19. The first-order chi connectivity index (χ1) is 13.5. The average molecular weight is 518 g/mol. The first-order valence-electron chi connectivity index (χ1n) is 7.66. The van der Waals surface area contributed by atoms with Gasteiger partial charge in [0.1, 0.15) is 13.2 Å². The van der Waals surface area contributed by atoms with E-state index in [2.05, 4.69) is 13.6 Å². The van der Waals surface area contributed by atoms with Crippen molar-refractivity contribution in [3.63, 3.8) is 0 Å². The number of unbranched alkanes of at least 4 members (excludes halogenated alkanes) is 1. The maximum absolute atomic E-state index is 13.2. The van der Waals surface area contributed by atoms with Gasteiger partial charge in [0.05, 0.1) is 6.61 Å². The van der Waals surface area contributed by atoms with Gasteiger partial charge in [0.2, 0.25) is 0 Å². The molecular weight excluding hydrogens is 505 g/mol. The van der Waals surface area contributed by atoms with Gasteiger partial charge in [0, 0.05) is 0 Å². The fourth-order valence-electron chi connectivity index (χ4n) is 1.35. The highest BCUT2D eigenvalue weighted by atomic mass is 31.2. The van der Waals surface area contributed by atoms with Gasteiger partial charge < -0.3 is 0 Å². The average Bonchev–Trinajstić information content (AvgIpc) is 2.56. The molecule has 0 aromatic carbocycles. The predicted molar refractivity (Wildman–Crippen MR) is 72.3 cm³/mol. The zero-order valence-corrected chi connectivity index (χ0v) is 15.8. The second-order valence-electron chi connectivity index (χ2n) is 5.73. The van der Waals surface area contributed by atoms with E-state index in [1.165, 1.54) is 6.92 Å². The highest BCUT2D eigenvalue weighted by molar-refractivity contribution is 7.48. The molecular formula is C12H13F14O4P. The van der Waals surface area contributed by atoms with Crippen LogP contribution in [0.2, 0.25) is 0 Å². The Morgan fingerprint density at radius 1 is 0.613 bits per heavy atom. The van der Waals surface area contributed by atoms with Crippen LogP contribution in [0.25, 0.3) is 0 Å². The monoisotopic (exact) mass is 518 g/mol. The maximum atomic E-state index is 13.2. The third-order valence-corrected chi connectivity index (χ3v) is 4.58. The van der Waals surface area contributed by atoms with Crippen LogP contribution in [-0.2, 0) is 18.1 Å². The van der Waals surface area contributed by atoms with Crippen molar-refractivity contribution in [3.05, 3.63) is 0 Å². The normalized spacial score (nSPS) is 15.5. The Morgan fingerprint density at radius 2 is 0.935 bits per heavy atom. The van der Waals surface area contributed by atoms with E-state index in [1.54, 1.807) is 0 Å². The molecule has 0 aromatic heterocycles. The van der Waals surface area contributed by atoms with Gasteiger partial charge in [-0.15, -0.1) is 0 Å². The van der Waals surface area contributed by atoms with E-state index in [-0.39, 0.29) is 12.8 Å². The molecule has 4 nitrogen and oxygen atoms in total. The molecule has 19 heteroatoms. The third kappa shape index (κ3) is 7.05. The number of hydrogen-bond acceptors (Lipinski definition) is 4. The van der Waals surface area contributed by atoms with Crippen LogP contribution in [0.3, 0.4) is 0 Å². The topological polar surface area (TPSA) is 44.8 Å². The predicted octanol–water partition coefficient (Wildman–Crippen LogP) is 6.61. The van der Waals surface area contributed by atoms with E-state index in [4.69, 9.17) is 0 Å². The van der Waals surface area contributed by atoms with E-state index in [1.807, 2.05) is 0 Å². The lowest BCUT2D eigenvalue weighted by molar-refractivity contribution is -0.360.